The van der Waals surface area contributed by atoms with Crippen LogP contribution in [0.3, 0.4) is 0 Å². The highest BCUT2D eigenvalue weighted by atomic mass is 16.5. The largest absolute Gasteiger partial charge is 0.392 e. The van der Waals surface area contributed by atoms with E-state index in [4.69, 9.17) is 4.74 Å². The Balaban J connectivity index is 1.82. The third-order valence-electron chi connectivity index (χ3n) is 4.80. The van der Waals surface area contributed by atoms with Crippen LogP contribution in [0.5, 0.6) is 0 Å². The van der Waals surface area contributed by atoms with Crippen molar-refractivity contribution in [1.29, 1.82) is 0 Å². The van der Waals surface area contributed by atoms with Gasteiger partial charge >= 0.3 is 0 Å². The van der Waals surface area contributed by atoms with Crippen LogP contribution in [0.4, 0.5) is 0 Å². The summed E-state index contributed by atoms with van der Waals surface area (Å²) in [6.07, 6.45) is 5.43. The molecule has 2 atom stereocenters. The van der Waals surface area contributed by atoms with Crippen molar-refractivity contribution in [2.45, 2.75) is 43.6 Å². The van der Waals surface area contributed by atoms with Crippen molar-refractivity contribution in [1.82, 2.24) is 0 Å². The molecule has 2 nitrogen and oxygen atoms in total. The summed E-state index contributed by atoms with van der Waals surface area (Å²) in [7, 11) is 0. The van der Waals surface area contributed by atoms with Gasteiger partial charge in [0, 0.05) is 17.9 Å². The van der Waals surface area contributed by atoms with Crippen LogP contribution in [0.1, 0.15) is 37.7 Å². The quantitative estimate of drug-likeness (QED) is 0.888. The van der Waals surface area contributed by atoms with Crippen LogP contribution >= 0.6 is 0 Å². The van der Waals surface area contributed by atoms with Crippen LogP contribution in [0.25, 0.3) is 0 Å². The Morgan fingerprint density at radius 3 is 2.50 bits per heavy atom. The van der Waals surface area contributed by atoms with Crippen molar-refractivity contribution in [2.24, 2.45) is 5.92 Å². The molecule has 0 aromatic heterocycles. The summed E-state index contributed by atoms with van der Waals surface area (Å²) in [6.45, 7) is 1.59. The van der Waals surface area contributed by atoms with Crippen LogP contribution in [0.15, 0.2) is 30.3 Å². The summed E-state index contributed by atoms with van der Waals surface area (Å²) in [5, 5.41) is 10.8. The Kier molecular flexibility index (Phi) is 3.40. The number of aliphatic hydroxyl groups is 1. The molecule has 1 N–H and O–H groups in total. The zero-order valence-corrected chi connectivity index (χ0v) is 10.8. The molecular formula is C16H22O2. The van der Waals surface area contributed by atoms with Gasteiger partial charge in [0.2, 0.25) is 0 Å². The average Bonchev–Trinajstić information content (AvgIpc) is 2.40. The Morgan fingerprint density at radius 1 is 1.17 bits per heavy atom. The minimum absolute atomic E-state index is 0.00657. The van der Waals surface area contributed by atoms with Crippen molar-refractivity contribution in [3.63, 3.8) is 0 Å². The third kappa shape index (κ3) is 1.98. The van der Waals surface area contributed by atoms with Gasteiger partial charge in [-0.3, -0.25) is 0 Å². The van der Waals surface area contributed by atoms with E-state index in [0.717, 1.165) is 38.9 Å². The number of aliphatic hydroxyl groups excluding tert-OH is 1. The molecule has 98 valence electrons. The molecular weight excluding hydrogens is 224 g/mol. The fourth-order valence-corrected chi connectivity index (χ4v) is 3.55. The fourth-order valence-electron chi connectivity index (χ4n) is 3.55. The summed E-state index contributed by atoms with van der Waals surface area (Å²) in [5.74, 6) is 0.319. The number of hydrogen-bond acceptors (Lipinski definition) is 2. The Bertz CT molecular complexity index is 377. The van der Waals surface area contributed by atoms with E-state index in [2.05, 4.69) is 24.3 Å². The highest BCUT2D eigenvalue weighted by molar-refractivity contribution is 5.30. The van der Waals surface area contributed by atoms with E-state index in [0.29, 0.717) is 5.92 Å². The molecule has 1 aromatic rings. The van der Waals surface area contributed by atoms with Crippen molar-refractivity contribution >= 4 is 0 Å². The number of hydrogen-bond donors (Lipinski definition) is 1. The van der Waals surface area contributed by atoms with Crippen LogP contribution in [0, 0.1) is 5.92 Å². The van der Waals surface area contributed by atoms with Crippen molar-refractivity contribution in [3.8, 4) is 0 Å². The van der Waals surface area contributed by atoms with E-state index in [1.807, 2.05) is 6.07 Å². The molecule has 1 heterocycles. The van der Waals surface area contributed by atoms with Gasteiger partial charge in [-0.2, -0.15) is 0 Å². The second-order valence-corrected chi connectivity index (χ2v) is 5.80. The van der Waals surface area contributed by atoms with Gasteiger partial charge in [-0.1, -0.05) is 36.8 Å². The lowest BCUT2D eigenvalue weighted by atomic mass is 9.58. The summed E-state index contributed by atoms with van der Waals surface area (Å²) in [4.78, 5) is 0. The molecule has 0 spiro atoms. The van der Waals surface area contributed by atoms with Gasteiger partial charge in [0.15, 0.2) is 0 Å². The van der Waals surface area contributed by atoms with Crippen molar-refractivity contribution in [2.75, 3.05) is 13.2 Å². The number of benzene rings is 1. The van der Waals surface area contributed by atoms with E-state index in [-0.39, 0.29) is 11.5 Å². The first-order valence-electron chi connectivity index (χ1n) is 7.14. The first-order valence-corrected chi connectivity index (χ1v) is 7.14. The molecule has 2 unspecified atom stereocenters. The first-order chi connectivity index (χ1) is 8.83. The number of ether oxygens (including phenoxy) is 1. The van der Waals surface area contributed by atoms with Gasteiger partial charge in [0.05, 0.1) is 12.7 Å². The molecule has 2 heteroatoms. The van der Waals surface area contributed by atoms with E-state index >= 15 is 0 Å². The topological polar surface area (TPSA) is 29.5 Å². The van der Waals surface area contributed by atoms with Gasteiger partial charge in [-0.25, -0.2) is 0 Å². The van der Waals surface area contributed by atoms with Crippen molar-refractivity contribution in [3.05, 3.63) is 35.9 Å². The van der Waals surface area contributed by atoms with E-state index in [1.165, 1.54) is 12.0 Å². The van der Waals surface area contributed by atoms with E-state index < -0.39 is 0 Å². The maximum atomic E-state index is 10.8. The lowest BCUT2D eigenvalue weighted by molar-refractivity contribution is -0.0657. The molecule has 18 heavy (non-hydrogen) atoms. The lowest BCUT2D eigenvalue weighted by Gasteiger charge is -2.49. The second kappa shape index (κ2) is 5.02. The highest BCUT2D eigenvalue weighted by Crippen LogP contribution is 2.49. The van der Waals surface area contributed by atoms with Gasteiger partial charge < -0.3 is 9.84 Å². The van der Waals surface area contributed by atoms with Gasteiger partial charge in [-0.05, 0) is 31.2 Å². The smallest absolute Gasteiger partial charge is 0.0686 e. The van der Waals surface area contributed by atoms with Crippen LogP contribution in [-0.2, 0) is 10.2 Å². The molecule has 0 radical (unpaired) electrons. The molecule has 1 aliphatic heterocycles. The highest BCUT2D eigenvalue weighted by Gasteiger charge is 2.47. The molecule has 0 bridgehead atoms. The summed E-state index contributed by atoms with van der Waals surface area (Å²) < 4.78 is 5.54. The van der Waals surface area contributed by atoms with E-state index in [9.17, 15) is 5.11 Å². The van der Waals surface area contributed by atoms with Crippen LogP contribution in [-0.4, -0.2) is 24.4 Å². The van der Waals surface area contributed by atoms with Gasteiger partial charge in [-0.15, -0.1) is 0 Å². The summed E-state index contributed by atoms with van der Waals surface area (Å²) in [6, 6.07) is 10.6. The second-order valence-electron chi connectivity index (χ2n) is 5.80. The molecule has 1 aromatic carbocycles. The Hall–Kier alpha value is -0.860. The third-order valence-corrected chi connectivity index (χ3v) is 4.80. The van der Waals surface area contributed by atoms with Crippen LogP contribution < -0.4 is 0 Å². The monoisotopic (exact) mass is 246 g/mol. The maximum absolute atomic E-state index is 10.8. The zero-order valence-electron chi connectivity index (χ0n) is 10.8. The molecule has 2 fully saturated rings. The number of rotatable bonds is 3. The zero-order chi connectivity index (χ0) is 12.4. The maximum Gasteiger partial charge on any atom is 0.0686 e. The van der Waals surface area contributed by atoms with Crippen molar-refractivity contribution < 1.29 is 9.84 Å². The molecule has 2 aliphatic rings. The average molecular weight is 246 g/mol. The summed E-state index contributed by atoms with van der Waals surface area (Å²) >= 11 is 0. The minimum atomic E-state index is -0.242. The molecule has 1 aliphatic carbocycles. The van der Waals surface area contributed by atoms with Crippen LogP contribution in [0.2, 0.25) is 0 Å². The molecule has 1 saturated carbocycles. The Labute approximate surface area is 109 Å². The van der Waals surface area contributed by atoms with Gasteiger partial charge in [0.1, 0.15) is 0 Å². The standard InChI is InChI=1S/C16H22O2/c17-15(13-6-4-11-18-12-13)16(9-5-10-16)14-7-2-1-3-8-14/h1-3,7-8,13,15,17H,4-6,9-12H2. The summed E-state index contributed by atoms with van der Waals surface area (Å²) in [5.41, 5.74) is 1.32. The normalized spacial score (nSPS) is 28.4. The lowest BCUT2D eigenvalue weighted by Crippen LogP contribution is -2.50. The van der Waals surface area contributed by atoms with Gasteiger partial charge in [0.25, 0.3) is 0 Å². The molecule has 1 saturated heterocycles. The first kappa shape index (κ1) is 12.2. The van der Waals surface area contributed by atoms with E-state index in [1.54, 1.807) is 0 Å². The SMILES string of the molecule is OC(C1CCCOC1)C1(c2ccccc2)CCC1. The predicted octanol–water partition coefficient (Wildman–Crippen LogP) is 2.90. The molecule has 3 rings (SSSR count). The predicted molar refractivity (Wildman–Crippen MR) is 71.5 cm³/mol. The molecule has 0 amide bonds. The Morgan fingerprint density at radius 2 is 1.94 bits per heavy atom. The minimum Gasteiger partial charge on any atom is -0.392 e. The fraction of sp³-hybridized carbons (Fsp3) is 0.625.